The molecule has 0 bridgehead atoms. The van der Waals surface area contributed by atoms with Crippen molar-refractivity contribution in [2.45, 2.75) is 31.8 Å². The van der Waals surface area contributed by atoms with Crippen LogP contribution in [0.1, 0.15) is 23.6 Å². The zero-order chi connectivity index (χ0) is 27.8. The van der Waals surface area contributed by atoms with Crippen LogP contribution < -0.4 is 20.9 Å². The van der Waals surface area contributed by atoms with E-state index in [4.69, 9.17) is 0 Å². The molecule has 2 fully saturated rings. The van der Waals surface area contributed by atoms with Gasteiger partial charge in [0.25, 0.3) is 0 Å². The second kappa shape index (κ2) is 8.62. The molecule has 3 aliphatic heterocycles. The van der Waals surface area contributed by atoms with Gasteiger partial charge in [0.05, 0.1) is 17.5 Å². The van der Waals surface area contributed by atoms with Gasteiger partial charge in [-0.25, -0.2) is 4.90 Å². The Kier molecular flexibility index (Phi) is 5.24. The number of hydrogen-bond donors (Lipinski definition) is 4. The largest absolute Gasteiger partial charge is 0.361 e. The van der Waals surface area contributed by atoms with Gasteiger partial charge in [0.15, 0.2) is 0 Å². The number of nitrogens with zero attached hydrogens (tertiary/aromatic N) is 1. The number of para-hydroxylation sites is 2. The Balaban J connectivity index is 1.34. The number of anilines is 3. The quantitative estimate of drug-likeness (QED) is 0.299. The summed E-state index contributed by atoms with van der Waals surface area (Å²) in [6, 6.07) is 19.7. The average Bonchev–Trinajstić information content (AvgIpc) is 3.64. The number of amides is 4. The molecular weight excluding hydrogens is 506 g/mol. The molecule has 0 unspecified atom stereocenters. The summed E-state index contributed by atoms with van der Waals surface area (Å²) in [5.74, 6) is -2.98. The van der Waals surface area contributed by atoms with E-state index in [-0.39, 0.29) is 17.7 Å². The van der Waals surface area contributed by atoms with E-state index in [1.165, 1.54) is 11.8 Å². The third-order valence-corrected chi connectivity index (χ3v) is 8.52. The van der Waals surface area contributed by atoms with Gasteiger partial charge in [-0.15, -0.1) is 0 Å². The highest BCUT2D eigenvalue weighted by atomic mass is 16.2. The van der Waals surface area contributed by atoms with Crippen LogP contribution in [0.2, 0.25) is 0 Å². The number of imide groups is 1. The third-order valence-electron chi connectivity index (χ3n) is 8.52. The van der Waals surface area contributed by atoms with Gasteiger partial charge in [0, 0.05) is 47.0 Å². The van der Waals surface area contributed by atoms with Gasteiger partial charge in [-0.1, -0.05) is 36.4 Å². The summed E-state index contributed by atoms with van der Waals surface area (Å²) < 4.78 is 0. The lowest BCUT2D eigenvalue weighted by atomic mass is 9.76. The van der Waals surface area contributed by atoms with Crippen LogP contribution in [0.15, 0.2) is 72.9 Å². The second-order valence-corrected chi connectivity index (χ2v) is 10.8. The van der Waals surface area contributed by atoms with Crippen LogP contribution in [0.4, 0.5) is 17.1 Å². The van der Waals surface area contributed by atoms with Gasteiger partial charge in [-0.05, 0) is 54.8 Å². The van der Waals surface area contributed by atoms with Crippen molar-refractivity contribution in [2.24, 2.45) is 11.8 Å². The van der Waals surface area contributed by atoms with E-state index in [2.05, 4.69) is 20.9 Å². The van der Waals surface area contributed by atoms with E-state index in [0.29, 0.717) is 29.0 Å². The third kappa shape index (κ3) is 3.31. The lowest BCUT2D eigenvalue weighted by Gasteiger charge is -2.29. The van der Waals surface area contributed by atoms with Crippen LogP contribution in [0.3, 0.4) is 0 Å². The van der Waals surface area contributed by atoms with Crippen LogP contribution in [-0.4, -0.2) is 34.7 Å². The van der Waals surface area contributed by atoms with Gasteiger partial charge in [0.1, 0.15) is 5.54 Å². The van der Waals surface area contributed by atoms with E-state index in [9.17, 15) is 19.2 Å². The summed E-state index contributed by atoms with van der Waals surface area (Å²) in [5.41, 5.74) is 3.85. The fraction of sp³-hybridized carbons (Fsp3) is 0.226. The molecule has 3 aromatic carbocycles. The molecule has 9 nitrogen and oxygen atoms in total. The predicted molar refractivity (Wildman–Crippen MR) is 151 cm³/mol. The number of aromatic amines is 1. The average molecular weight is 534 g/mol. The molecule has 200 valence electrons. The van der Waals surface area contributed by atoms with E-state index >= 15 is 0 Å². The summed E-state index contributed by atoms with van der Waals surface area (Å²) >= 11 is 0. The number of nitrogens with one attached hydrogen (secondary N) is 4. The first-order valence-corrected chi connectivity index (χ1v) is 13.3. The second-order valence-electron chi connectivity index (χ2n) is 10.8. The molecule has 4 aromatic rings. The topological polar surface area (TPSA) is 123 Å². The maximum atomic E-state index is 14.2. The van der Waals surface area contributed by atoms with Crippen molar-refractivity contribution in [1.29, 1.82) is 0 Å². The van der Waals surface area contributed by atoms with Gasteiger partial charge in [0.2, 0.25) is 23.6 Å². The first-order valence-electron chi connectivity index (χ1n) is 13.3. The summed E-state index contributed by atoms with van der Waals surface area (Å²) in [4.78, 5) is 58.2. The molecule has 0 aliphatic carbocycles. The zero-order valence-corrected chi connectivity index (χ0v) is 21.9. The highest BCUT2D eigenvalue weighted by molar-refractivity contribution is 6.26. The fourth-order valence-electron chi connectivity index (χ4n) is 6.84. The molecule has 4 N–H and O–H groups in total. The predicted octanol–water partition coefficient (Wildman–Crippen LogP) is 3.60. The van der Waals surface area contributed by atoms with Crippen molar-refractivity contribution >= 4 is 51.6 Å². The maximum Gasteiger partial charge on any atom is 0.250 e. The van der Waals surface area contributed by atoms with Gasteiger partial charge >= 0.3 is 0 Å². The van der Waals surface area contributed by atoms with Crippen molar-refractivity contribution in [2.75, 3.05) is 15.5 Å². The minimum absolute atomic E-state index is 0.218. The normalized spacial score (nSPS) is 25.0. The molecule has 1 spiro atoms. The molecule has 1 aromatic heterocycles. The van der Waals surface area contributed by atoms with Gasteiger partial charge in [-0.3, -0.25) is 24.5 Å². The van der Waals surface area contributed by atoms with E-state index < -0.39 is 29.3 Å². The summed E-state index contributed by atoms with van der Waals surface area (Å²) in [6.07, 6.45) is 2.38. The monoisotopic (exact) mass is 533 g/mol. The Morgan fingerprint density at radius 3 is 2.52 bits per heavy atom. The minimum atomic E-state index is -1.37. The smallest absolute Gasteiger partial charge is 0.250 e. The van der Waals surface area contributed by atoms with Crippen molar-refractivity contribution in [1.82, 2.24) is 10.3 Å². The number of hydrogen-bond acceptors (Lipinski definition) is 5. The molecule has 40 heavy (non-hydrogen) atoms. The SMILES string of the molecule is CC(=O)Nc1ccc(N2C(=O)[C@@H]3[C@H](Cc4c[nH]c5ccccc45)N[C@]4(C(=O)Nc5c(C)cccc54)[C@@H]3C2=O)cc1. The Morgan fingerprint density at radius 2 is 1.75 bits per heavy atom. The maximum absolute atomic E-state index is 14.2. The Bertz CT molecular complexity index is 1740. The Hall–Kier alpha value is -4.76. The summed E-state index contributed by atoms with van der Waals surface area (Å²) in [5, 5.41) is 10.3. The molecule has 7 rings (SSSR count). The number of fused-ring (bicyclic) bond motifs is 5. The van der Waals surface area contributed by atoms with Crippen LogP contribution in [-0.2, 0) is 31.1 Å². The molecule has 9 heteroatoms. The zero-order valence-electron chi connectivity index (χ0n) is 21.9. The lowest BCUT2D eigenvalue weighted by molar-refractivity contribution is -0.130. The highest BCUT2D eigenvalue weighted by Crippen LogP contribution is 2.54. The molecule has 4 amide bonds. The first-order chi connectivity index (χ1) is 19.3. The molecule has 4 atom stereocenters. The van der Waals surface area contributed by atoms with E-state index in [1.54, 1.807) is 24.3 Å². The number of aryl methyl sites for hydroxylation is 1. The van der Waals surface area contributed by atoms with Crippen LogP contribution >= 0.6 is 0 Å². The molecular formula is C31H27N5O4. The first kappa shape index (κ1) is 24.3. The number of benzene rings is 3. The molecule has 0 radical (unpaired) electrons. The number of aromatic nitrogens is 1. The van der Waals surface area contributed by atoms with Gasteiger partial charge < -0.3 is 15.6 Å². The van der Waals surface area contributed by atoms with Gasteiger partial charge in [-0.2, -0.15) is 0 Å². The standard InChI is InChI=1S/C31H27N5O4/c1-16-6-5-8-22-27(16)34-30(40)31(22)26-25(24(35-31)14-18-15-32-23-9-4-3-7-21(18)23)28(38)36(29(26)39)20-12-10-19(11-13-20)33-17(2)37/h3-13,15,24-26,32,35H,14H2,1-2H3,(H,33,37)(H,34,40)/t24-,25+,26-,31-/m0/s1. The van der Waals surface area contributed by atoms with Crippen LogP contribution in [0.25, 0.3) is 10.9 Å². The molecule has 4 heterocycles. The van der Waals surface area contributed by atoms with E-state index in [1.807, 2.05) is 55.6 Å². The molecule has 3 aliphatic rings. The lowest BCUT2D eigenvalue weighted by Crippen LogP contribution is -2.53. The minimum Gasteiger partial charge on any atom is -0.361 e. The molecule has 2 saturated heterocycles. The Labute approximate surface area is 229 Å². The summed E-state index contributed by atoms with van der Waals surface area (Å²) in [6.45, 7) is 3.33. The van der Waals surface area contributed by atoms with Crippen molar-refractivity contribution in [3.63, 3.8) is 0 Å². The van der Waals surface area contributed by atoms with Crippen molar-refractivity contribution < 1.29 is 19.2 Å². The number of carbonyl (C=O) groups excluding carboxylic acids is 4. The number of carbonyl (C=O) groups is 4. The van der Waals surface area contributed by atoms with Crippen molar-refractivity contribution in [3.8, 4) is 0 Å². The number of H-pyrrole nitrogens is 1. The number of rotatable bonds is 4. The van der Waals surface area contributed by atoms with Crippen molar-refractivity contribution in [3.05, 3.63) is 89.6 Å². The van der Waals surface area contributed by atoms with E-state index in [0.717, 1.165) is 22.0 Å². The fourth-order valence-corrected chi connectivity index (χ4v) is 6.84. The van der Waals surface area contributed by atoms with Crippen LogP contribution in [0.5, 0.6) is 0 Å². The van der Waals surface area contributed by atoms with Crippen LogP contribution in [0, 0.1) is 18.8 Å². The highest BCUT2D eigenvalue weighted by Gasteiger charge is 2.70. The molecule has 0 saturated carbocycles. The Morgan fingerprint density at radius 1 is 0.975 bits per heavy atom. The summed E-state index contributed by atoms with van der Waals surface area (Å²) in [7, 11) is 0.